The minimum atomic E-state index is -0.495. The normalized spacial score (nSPS) is 9.84. The van der Waals surface area contributed by atoms with Gasteiger partial charge in [-0.05, 0) is 19.1 Å². The second-order valence-electron chi connectivity index (χ2n) is 3.45. The zero-order valence-electron chi connectivity index (χ0n) is 10.2. The van der Waals surface area contributed by atoms with Crippen LogP contribution in [0.4, 0.5) is 0 Å². The number of hydrogen-bond donors (Lipinski definition) is 1. The summed E-state index contributed by atoms with van der Waals surface area (Å²) in [6, 6.07) is 4.66. The minimum Gasteiger partial charge on any atom is -0.484 e. The van der Waals surface area contributed by atoms with Crippen molar-refractivity contribution < 1.29 is 19.1 Å². The summed E-state index contributed by atoms with van der Waals surface area (Å²) in [5.41, 5.74) is 0. The Labute approximate surface area is 120 Å². The maximum Gasteiger partial charge on any atom is 0.325 e. The molecule has 0 heterocycles. The van der Waals surface area contributed by atoms with Gasteiger partial charge in [-0.25, -0.2) is 0 Å². The molecule has 0 bridgehead atoms. The highest BCUT2D eigenvalue weighted by Crippen LogP contribution is 2.26. The number of nitrogens with one attached hydrogen (secondary N) is 1. The molecule has 0 atom stereocenters. The molecule has 0 aromatic heterocycles. The minimum absolute atomic E-state index is 0.183. The Bertz CT molecular complexity index is 465. The van der Waals surface area contributed by atoms with Gasteiger partial charge in [-0.1, -0.05) is 23.2 Å². The van der Waals surface area contributed by atoms with Gasteiger partial charge in [0.2, 0.25) is 0 Å². The van der Waals surface area contributed by atoms with Crippen molar-refractivity contribution in [1.29, 1.82) is 0 Å². The highest BCUT2D eigenvalue weighted by Gasteiger charge is 2.07. The number of halogens is 2. The topological polar surface area (TPSA) is 64.6 Å². The highest BCUT2D eigenvalue weighted by atomic mass is 35.5. The van der Waals surface area contributed by atoms with Crippen molar-refractivity contribution >= 4 is 35.1 Å². The van der Waals surface area contributed by atoms with E-state index in [0.29, 0.717) is 15.8 Å². The Morgan fingerprint density at radius 1 is 1.26 bits per heavy atom. The monoisotopic (exact) mass is 305 g/mol. The summed E-state index contributed by atoms with van der Waals surface area (Å²) in [4.78, 5) is 22.4. The molecule has 0 aliphatic heterocycles. The summed E-state index contributed by atoms with van der Waals surface area (Å²) < 4.78 is 9.85. The molecule has 1 aromatic carbocycles. The SMILES string of the molecule is CCOC(=O)CNC(=O)COc1ccc(Cl)c(Cl)c1. The molecule has 0 spiro atoms. The number of amides is 1. The summed E-state index contributed by atoms with van der Waals surface area (Å²) in [6.07, 6.45) is 0. The van der Waals surface area contributed by atoms with Crippen LogP contribution in [0, 0.1) is 0 Å². The van der Waals surface area contributed by atoms with Gasteiger partial charge in [0.15, 0.2) is 6.61 Å². The van der Waals surface area contributed by atoms with E-state index in [-0.39, 0.29) is 19.8 Å². The molecule has 1 aromatic rings. The first-order valence-electron chi connectivity index (χ1n) is 5.53. The zero-order valence-corrected chi connectivity index (χ0v) is 11.8. The standard InChI is InChI=1S/C12H13Cl2NO4/c1-2-18-12(17)6-15-11(16)7-19-8-3-4-9(13)10(14)5-8/h3-5H,2,6-7H2,1H3,(H,15,16). The maximum absolute atomic E-state index is 11.4. The van der Waals surface area contributed by atoms with E-state index in [1.165, 1.54) is 6.07 Å². The van der Waals surface area contributed by atoms with E-state index in [1.54, 1.807) is 19.1 Å². The van der Waals surface area contributed by atoms with Gasteiger partial charge in [-0.3, -0.25) is 9.59 Å². The van der Waals surface area contributed by atoms with Crippen molar-refractivity contribution in [3.8, 4) is 5.75 Å². The van der Waals surface area contributed by atoms with Crippen LogP contribution in [0.15, 0.2) is 18.2 Å². The average molecular weight is 306 g/mol. The first-order valence-corrected chi connectivity index (χ1v) is 6.28. The summed E-state index contributed by atoms with van der Waals surface area (Å²) in [5, 5.41) is 3.11. The number of hydrogen-bond acceptors (Lipinski definition) is 4. The van der Waals surface area contributed by atoms with Crippen LogP contribution >= 0.6 is 23.2 Å². The van der Waals surface area contributed by atoms with Crippen LogP contribution in [0.25, 0.3) is 0 Å². The molecule has 0 aliphatic carbocycles. The first-order chi connectivity index (χ1) is 9.02. The van der Waals surface area contributed by atoms with Crippen LogP contribution in [-0.4, -0.2) is 31.6 Å². The van der Waals surface area contributed by atoms with Crippen molar-refractivity contribution in [2.24, 2.45) is 0 Å². The molecule has 0 fully saturated rings. The van der Waals surface area contributed by atoms with Crippen LogP contribution in [0.3, 0.4) is 0 Å². The lowest BCUT2D eigenvalue weighted by Crippen LogP contribution is -2.34. The van der Waals surface area contributed by atoms with Crippen molar-refractivity contribution in [3.63, 3.8) is 0 Å². The first kappa shape index (κ1) is 15.6. The third kappa shape index (κ3) is 5.81. The van der Waals surface area contributed by atoms with Crippen molar-refractivity contribution in [3.05, 3.63) is 28.2 Å². The van der Waals surface area contributed by atoms with Crippen molar-refractivity contribution in [1.82, 2.24) is 5.32 Å². The Kier molecular flexibility index (Phi) is 6.45. The van der Waals surface area contributed by atoms with Gasteiger partial charge in [-0.15, -0.1) is 0 Å². The number of carbonyl (C=O) groups excluding carboxylic acids is 2. The maximum atomic E-state index is 11.4. The Morgan fingerprint density at radius 3 is 2.63 bits per heavy atom. The van der Waals surface area contributed by atoms with Crippen LogP contribution in [0.2, 0.25) is 10.0 Å². The molecule has 5 nitrogen and oxygen atoms in total. The van der Waals surface area contributed by atoms with Crippen LogP contribution < -0.4 is 10.1 Å². The van der Waals surface area contributed by atoms with Gasteiger partial charge < -0.3 is 14.8 Å². The van der Waals surface area contributed by atoms with E-state index in [2.05, 4.69) is 10.1 Å². The number of rotatable bonds is 6. The summed E-state index contributed by atoms with van der Waals surface area (Å²) >= 11 is 11.5. The molecule has 1 rings (SSSR count). The lowest BCUT2D eigenvalue weighted by Gasteiger charge is -2.07. The lowest BCUT2D eigenvalue weighted by molar-refractivity contribution is -0.143. The van der Waals surface area contributed by atoms with E-state index >= 15 is 0 Å². The largest absolute Gasteiger partial charge is 0.484 e. The third-order valence-corrected chi connectivity index (χ3v) is 2.74. The van der Waals surface area contributed by atoms with Gasteiger partial charge in [0.25, 0.3) is 5.91 Å². The third-order valence-electron chi connectivity index (χ3n) is 2.00. The Morgan fingerprint density at radius 2 is 2.00 bits per heavy atom. The van der Waals surface area contributed by atoms with Gasteiger partial charge in [-0.2, -0.15) is 0 Å². The van der Waals surface area contributed by atoms with Crippen LogP contribution in [0.5, 0.6) is 5.75 Å². The fourth-order valence-electron chi connectivity index (χ4n) is 1.15. The molecule has 0 aliphatic rings. The van der Waals surface area contributed by atoms with E-state index in [4.69, 9.17) is 27.9 Å². The van der Waals surface area contributed by atoms with E-state index in [0.717, 1.165) is 0 Å². The molecule has 0 saturated carbocycles. The second-order valence-corrected chi connectivity index (χ2v) is 4.26. The van der Waals surface area contributed by atoms with Gasteiger partial charge in [0.05, 0.1) is 16.7 Å². The molecule has 104 valence electrons. The predicted molar refractivity (Wildman–Crippen MR) is 71.6 cm³/mol. The molecule has 19 heavy (non-hydrogen) atoms. The van der Waals surface area contributed by atoms with Gasteiger partial charge >= 0.3 is 5.97 Å². The zero-order chi connectivity index (χ0) is 14.3. The Hall–Kier alpha value is -1.46. The van der Waals surface area contributed by atoms with Crippen molar-refractivity contribution in [2.45, 2.75) is 6.92 Å². The highest BCUT2D eigenvalue weighted by molar-refractivity contribution is 6.42. The smallest absolute Gasteiger partial charge is 0.325 e. The Balaban J connectivity index is 2.33. The number of carbonyl (C=O) groups is 2. The molecule has 0 radical (unpaired) electrons. The van der Waals surface area contributed by atoms with E-state index in [9.17, 15) is 9.59 Å². The quantitative estimate of drug-likeness (QED) is 0.817. The number of ether oxygens (including phenoxy) is 2. The molecule has 1 amide bonds. The fourth-order valence-corrected chi connectivity index (χ4v) is 1.44. The second kappa shape index (κ2) is 7.86. The summed E-state index contributed by atoms with van der Waals surface area (Å²) in [7, 11) is 0. The van der Waals surface area contributed by atoms with Crippen LogP contribution in [0.1, 0.15) is 6.92 Å². The van der Waals surface area contributed by atoms with E-state index in [1.807, 2.05) is 0 Å². The molecule has 7 heteroatoms. The van der Waals surface area contributed by atoms with Crippen molar-refractivity contribution in [2.75, 3.05) is 19.8 Å². The number of esters is 1. The van der Waals surface area contributed by atoms with Gasteiger partial charge in [0.1, 0.15) is 12.3 Å². The van der Waals surface area contributed by atoms with Gasteiger partial charge in [0, 0.05) is 6.07 Å². The predicted octanol–water partition coefficient (Wildman–Crippen LogP) is 2.05. The lowest BCUT2D eigenvalue weighted by atomic mass is 10.3. The molecule has 0 unspecified atom stereocenters. The average Bonchev–Trinajstić information content (AvgIpc) is 2.38. The summed E-state index contributed by atoms with van der Waals surface area (Å²) in [6.45, 7) is 1.55. The van der Waals surface area contributed by atoms with Crippen LogP contribution in [-0.2, 0) is 14.3 Å². The summed E-state index contributed by atoms with van der Waals surface area (Å²) in [5.74, 6) is -0.509. The molecule has 1 N–H and O–H groups in total. The molecular formula is C12H13Cl2NO4. The molecular weight excluding hydrogens is 293 g/mol. The number of benzene rings is 1. The molecule has 0 saturated heterocycles. The fraction of sp³-hybridized carbons (Fsp3) is 0.333. The van der Waals surface area contributed by atoms with E-state index < -0.39 is 11.9 Å².